The Hall–Kier alpha value is -7.88. The maximum absolute atomic E-state index is 2.49. The Kier molecular flexibility index (Phi) is 7.54. The molecule has 12 rings (SSSR count). The summed E-state index contributed by atoms with van der Waals surface area (Å²) in [5.41, 5.74) is 15.4. The van der Waals surface area contributed by atoms with Gasteiger partial charge in [-0.05, 0) is 112 Å². The molecular weight excluding hydrogens is 715 g/mol. The molecule has 0 fully saturated rings. The lowest BCUT2D eigenvalue weighted by atomic mass is 9.85. The normalized spacial score (nSPS) is 12.0. The van der Waals surface area contributed by atoms with Crippen LogP contribution in [0.3, 0.4) is 0 Å². The van der Waals surface area contributed by atoms with Crippen molar-refractivity contribution >= 4 is 77.5 Å². The molecule has 11 aromatic rings. The van der Waals surface area contributed by atoms with E-state index in [0.29, 0.717) is 0 Å². The largest absolute Gasteiger partial charge is 0.311 e. The summed E-state index contributed by atoms with van der Waals surface area (Å²) in [7, 11) is 0. The third-order valence-electron chi connectivity index (χ3n) is 12.1. The summed E-state index contributed by atoms with van der Waals surface area (Å²) in [6.45, 7) is 0. The number of benzene rings is 10. The fourth-order valence-electron chi connectivity index (χ4n) is 9.50. The average molecular weight is 752 g/mol. The summed E-state index contributed by atoms with van der Waals surface area (Å²) in [4.78, 5) is 4.81. The van der Waals surface area contributed by atoms with Gasteiger partial charge >= 0.3 is 0 Å². The van der Waals surface area contributed by atoms with Crippen LogP contribution in [0.15, 0.2) is 224 Å². The van der Waals surface area contributed by atoms with Crippen LogP contribution in [0.25, 0.3) is 71.3 Å². The zero-order chi connectivity index (χ0) is 38.9. The lowest BCUT2D eigenvalue weighted by Crippen LogP contribution is -2.16. The van der Waals surface area contributed by atoms with E-state index in [4.69, 9.17) is 0 Å². The van der Waals surface area contributed by atoms with Crippen LogP contribution in [0.1, 0.15) is 0 Å². The number of aromatic nitrogens is 1. The molecule has 0 spiro atoms. The number of nitrogens with zero attached hydrogens (tertiary/aromatic N) is 3. The zero-order valence-electron chi connectivity index (χ0n) is 32.2. The number of fused-ring (bicyclic) bond motifs is 7. The second-order valence-electron chi connectivity index (χ2n) is 15.3. The minimum Gasteiger partial charge on any atom is -0.311 e. The molecular formula is C56H37N3. The summed E-state index contributed by atoms with van der Waals surface area (Å²) in [6.07, 6.45) is 0. The van der Waals surface area contributed by atoms with Gasteiger partial charge in [0.25, 0.3) is 0 Å². The van der Waals surface area contributed by atoms with E-state index >= 15 is 0 Å². The van der Waals surface area contributed by atoms with E-state index in [0.717, 1.165) is 22.7 Å². The van der Waals surface area contributed by atoms with Gasteiger partial charge in [0.1, 0.15) is 0 Å². The summed E-state index contributed by atoms with van der Waals surface area (Å²) in [6, 6.07) is 81.6. The predicted molar refractivity (Wildman–Crippen MR) is 250 cm³/mol. The van der Waals surface area contributed by atoms with Crippen molar-refractivity contribution in [2.24, 2.45) is 0 Å². The summed E-state index contributed by atoms with van der Waals surface area (Å²) < 4.78 is 2.38. The van der Waals surface area contributed by atoms with Crippen LogP contribution in [-0.2, 0) is 0 Å². The van der Waals surface area contributed by atoms with Gasteiger partial charge in [-0.3, -0.25) is 0 Å². The van der Waals surface area contributed by atoms with Crippen LogP contribution < -0.4 is 9.80 Å². The molecule has 0 saturated heterocycles. The Bertz CT molecular complexity index is 3330. The van der Waals surface area contributed by atoms with Crippen molar-refractivity contribution in [3.05, 3.63) is 224 Å². The first-order valence-corrected chi connectivity index (χ1v) is 20.3. The lowest BCUT2D eigenvalue weighted by molar-refractivity contribution is 1.18. The highest BCUT2D eigenvalue weighted by Gasteiger charge is 2.29. The van der Waals surface area contributed by atoms with E-state index < -0.39 is 0 Å². The maximum atomic E-state index is 2.49. The molecule has 0 radical (unpaired) electrons. The van der Waals surface area contributed by atoms with Gasteiger partial charge in [-0.15, -0.1) is 0 Å². The first kappa shape index (κ1) is 33.3. The van der Waals surface area contributed by atoms with Gasteiger partial charge in [-0.1, -0.05) is 140 Å². The Balaban J connectivity index is 1.05. The molecule has 3 nitrogen and oxygen atoms in total. The minimum atomic E-state index is 1.10. The van der Waals surface area contributed by atoms with Crippen molar-refractivity contribution in [2.75, 3.05) is 9.80 Å². The summed E-state index contributed by atoms with van der Waals surface area (Å²) in [5, 5.41) is 7.47. The van der Waals surface area contributed by atoms with Crippen LogP contribution in [0, 0.1) is 0 Å². The van der Waals surface area contributed by atoms with Gasteiger partial charge in [0.15, 0.2) is 0 Å². The molecule has 10 aromatic carbocycles. The predicted octanol–water partition coefficient (Wildman–Crippen LogP) is 15.7. The van der Waals surface area contributed by atoms with Crippen molar-refractivity contribution in [3.8, 4) is 27.9 Å². The molecule has 1 aliphatic rings. The van der Waals surface area contributed by atoms with Gasteiger partial charge < -0.3 is 14.4 Å². The molecule has 59 heavy (non-hydrogen) atoms. The quantitative estimate of drug-likeness (QED) is 0.168. The molecule has 1 aromatic heterocycles. The number of hydrogen-bond donors (Lipinski definition) is 0. The molecule has 0 saturated carbocycles. The smallest absolute Gasteiger partial charge is 0.0618 e. The highest BCUT2D eigenvalue weighted by molar-refractivity contribution is 6.21. The highest BCUT2D eigenvalue weighted by Crippen LogP contribution is 2.55. The van der Waals surface area contributed by atoms with Gasteiger partial charge in [0.2, 0.25) is 0 Å². The lowest BCUT2D eigenvalue weighted by Gasteiger charge is -2.35. The molecule has 1 aliphatic heterocycles. The minimum absolute atomic E-state index is 1.10. The fourth-order valence-corrected chi connectivity index (χ4v) is 9.50. The molecule has 2 heterocycles. The number of hydrogen-bond acceptors (Lipinski definition) is 2. The fraction of sp³-hybridized carbons (Fsp3) is 0. The SMILES string of the molecule is c1ccc(N(c2ccccc2)c2ccc(N3c4c(ccc5ccccc45)-c4ccc(-c5ccc6c(c5)c5ccccc5n6-c5ccccc5)c5cccc3c45)cc2)cc1. The van der Waals surface area contributed by atoms with E-state index in [2.05, 4.69) is 239 Å². The third-order valence-corrected chi connectivity index (χ3v) is 12.1. The van der Waals surface area contributed by atoms with Gasteiger partial charge in [0, 0.05) is 55.5 Å². The van der Waals surface area contributed by atoms with Crippen LogP contribution in [0.5, 0.6) is 0 Å². The molecule has 0 atom stereocenters. The second kappa shape index (κ2) is 13.4. The van der Waals surface area contributed by atoms with Crippen molar-refractivity contribution in [2.45, 2.75) is 0 Å². The van der Waals surface area contributed by atoms with Crippen LogP contribution in [0.2, 0.25) is 0 Å². The van der Waals surface area contributed by atoms with E-state index in [9.17, 15) is 0 Å². The summed E-state index contributed by atoms with van der Waals surface area (Å²) in [5.74, 6) is 0. The Morgan fingerprint density at radius 1 is 0.339 bits per heavy atom. The Morgan fingerprint density at radius 2 is 0.932 bits per heavy atom. The molecule has 0 aliphatic carbocycles. The monoisotopic (exact) mass is 751 g/mol. The second-order valence-corrected chi connectivity index (χ2v) is 15.3. The number of rotatable bonds is 6. The molecule has 0 amide bonds. The van der Waals surface area contributed by atoms with E-state index in [-0.39, 0.29) is 0 Å². The first-order valence-electron chi connectivity index (χ1n) is 20.3. The Morgan fingerprint density at radius 3 is 1.69 bits per heavy atom. The zero-order valence-corrected chi connectivity index (χ0v) is 32.2. The van der Waals surface area contributed by atoms with Crippen LogP contribution in [0.4, 0.5) is 34.1 Å². The number of para-hydroxylation sites is 4. The van der Waals surface area contributed by atoms with Crippen molar-refractivity contribution in [1.82, 2.24) is 4.57 Å². The average Bonchev–Trinajstić information content (AvgIpc) is 3.64. The van der Waals surface area contributed by atoms with Crippen molar-refractivity contribution in [3.63, 3.8) is 0 Å². The van der Waals surface area contributed by atoms with Crippen molar-refractivity contribution < 1.29 is 0 Å². The summed E-state index contributed by atoms with van der Waals surface area (Å²) >= 11 is 0. The Labute approximate surface area is 342 Å². The first-order chi connectivity index (χ1) is 29.3. The topological polar surface area (TPSA) is 11.4 Å². The van der Waals surface area contributed by atoms with Gasteiger partial charge in [-0.2, -0.15) is 0 Å². The van der Waals surface area contributed by atoms with Crippen LogP contribution in [-0.4, -0.2) is 4.57 Å². The number of anilines is 6. The van der Waals surface area contributed by atoms with Gasteiger partial charge in [0.05, 0.1) is 22.4 Å². The van der Waals surface area contributed by atoms with E-state index in [1.54, 1.807) is 0 Å². The van der Waals surface area contributed by atoms with E-state index in [1.807, 2.05) is 0 Å². The highest BCUT2D eigenvalue weighted by atomic mass is 15.2. The molecule has 0 N–H and O–H groups in total. The molecule has 276 valence electrons. The van der Waals surface area contributed by atoms with Gasteiger partial charge in [-0.25, -0.2) is 0 Å². The maximum Gasteiger partial charge on any atom is 0.0618 e. The molecule has 3 heteroatoms. The van der Waals surface area contributed by atoms with Crippen LogP contribution >= 0.6 is 0 Å². The van der Waals surface area contributed by atoms with E-state index in [1.165, 1.54) is 82.7 Å². The molecule has 0 bridgehead atoms. The molecule has 0 unspecified atom stereocenters. The third kappa shape index (κ3) is 5.22. The van der Waals surface area contributed by atoms with Crippen molar-refractivity contribution in [1.29, 1.82) is 0 Å². The standard InChI is InChI=1S/C56H37N3/c1-4-16-40(17-5-1)57(41-18-6-2-7-19-41)43-29-31-44(32-30-43)59-54-26-14-24-48-45(34-35-49(55(48)54)50-33-27-38-15-10-11-22-46(38)56(50)59)39-28-36-53-51(37-39)47-23-12-13-25-52(47)58(53)42-20-8-3-9-21-42/h1-37H.